The van der Waals surface area contributed by atoms with Gasteiger partial charge in [0.05, 0.1) is 17.5 Å². The maximum atomic E-state index is 12.4. The molecule has 3 heterocycles. The van der Waals surface area contributed by atoms with E-state index in [1.54, 1.807) is 17.1 Å². The predicted octanol–water partition coefficient (Wildman–Crippen LogP) is 0.921. The lowest BCUT2D eigenvalue weighted by Gasteiger charge is -2.11. The zero-order chi connectivity index (χ0) is 14.7. The minimum Gasteiger partial charge on any atom is -0.348 e. The maximum Gasteiger partial charge on any atom is 0.255 e. The summed E-state index contributed by atoms with van der Waals surface area (Å²) in [6.07, 6.45) is 5.05. The molecular formula is C15H19N5O. The van der Waals surface area contributed by atoms with Crippen LogP contribution in [-0.4, -0.2) is 39.8 Å². The molecule has 0 saturated carbocycles. The Morgan fingerprint density at radius 2 is 2.43 bits per heavy atom. The van der Waals surface area contributed by atoms with Crippen molar-refractivity contribution < 1.29 is 4.79 Å². The van der Waals surface area contributed by atoms with Crippen molar-refractivity contribution in [3.05, 3.63) is 41.9 Å². The molecule has 1 atom stereocenters. The van der Waals surface area contributed by atoms with Gasteiger partial charge in [-0.1, -0.05) is 13.0 Å². The molecule has 1 aliphatic rings. The Labute approximate surface area is 123 Å². The van der Waals surface area contributed by atoms with Gasteiger partial charge in [-0.15, -0.1) is 0 Å². The standard InChI is InChI=1S/C15H19N5O/c1-2-13-12(15(21)19-11-6-8-16-9-11)10-18-20(13)14-5-3-4-7-17-14/h3-5,7,10-11,16H,2,6,8-9H2,1H3,(H,19,21). The van der Waals surface area contributed by atoms with Crippen LogP contribution in [0.5, 0.6) is 0 Å². The number of pyridine rings is 1. The third-order valence-corrected chi connectivity index (χ3v) is 3.71. The molecule has 6 nitrogen and oxygen atoms in total. The molecule has 1 aliphatic heterocycles. The van der Waals surface area contributed by atoms with Crippen LogP contribution in [0.1, 0.15) is 29.4 Å². The first-order chi connectivity index (χ1) is 10.3. The van der Waals surface area contributed by atoms with Crippen molar-refractivity contribution in [2.24, 2.45) is 0 Å². The SMILES string of the molecule is CCc1c(C(=O)NC2CCNC2)cnn1-c1ccccn1. The van der Waals surface area contributed by atoms with Gasteiger partial charge in [0.1, 0.15) is 0 Å². The van der Waals surface area contributed by atoms with Gasteiger partial charge >= 0.3 is 0 Å². The number of rotatable bonds is 4. The van der Waals surface area contributed by atoms with Gasteiger partial charge in [0, 0.05) is 18.8 Å². The number of nitrogens with one attached hydrogen (secondary N) is 2. The van der Waals surface area contributed by atoms with Crippen LogP contribution < -0.4 is 10.6 Å². The van der Waals surface area contributed by atoms with Crippen LogP contribution in [0, 0.1) is 0 Å². The van der Waals surface area contributed by atoms with E-state index in [-0.39, 0.29) is 11.9 Å². The summed E-state index contributed by atoms with van der Waals surface area (Å²) in [5, 5.41) is 10.6. The Bertz CT molecular complexity index is 616. The molecule has 0 spiro atoms. The van der Waals surface area contributed by atoms with Crippen molar-refractivity contribution in [2.75, 3.05) is 13.1 Å². The topological polar surface area (TPSA) is 71.8 Å². The second kappa shape index (κ2) is 6.05. The summed E-state index contributed by atoms with van der Waals surface area (Å²) in [6, 6.07) is 5.86. The number of carbonyl (C=O) groups excluding carboxylic acids is 1. The maximum absolute atomic E-state index is 12.4. The summed E-state index contributed by atoms with van der Waals surface area (Å²) in [7, 11) is 0. The highest BCUT2D eigenvalue weighted by molar-refractivity contribution is 5.95. The third kappa shape index (κ3) is 2.80. The summed E-state index contributed by atoms with van der Waals surface area (Å²) in [6.45, 7) is 3.81. The van der Waals surface area contributed by atoms with Crippen molar-refractivity contribution in [2.45, 2.75) is 25.8 Å². The highest BCUT2D eigenvalue weighted by Gasteiger charge is 2.22. The predicted molar refractivity (Wildman–Crippen MR) is 79.5 cm³/mol. The lowest BCUT2D eigenvalue weighted by Crippen LogP contribution is -2.36. The zero-order valence-corrected chi connectivity index (χ0v) is 12.0. The average Bonchev–Trinajstić information content (AvgIpc) is 3.16. The molecule has 2 N–H and O–H groups in total. The van der Waals surface area contributed by atoms with Crippen LogP contribution in [0.15, 0.2) is 30.6 Å². The lowest BCUT2D eigenvalue weighted by molar-refractivity contribution is 0.0939. The van der Waals surface area contributed by atoms with Crippen LogP contribution in [-0.2, 0) is 6.42 Å². The van der Waals surface area contributed by atoms with E-state index in [0.29, 0.717) is 5.56 Å². The molecule has 2 aromatic rings. The molecule has 0 bridgehead atoms. The summed E-state index contributed by atoms with van der Waals surface area (Å²) >= 11 is 0. The van der Waals surface area contributed by atoms with E-state index in [9.17, 15) is 4.79 Å². The Kier molecular flexibility index (Phi) is 3.96. The fraction of sp³-hybridized carbons (Fsp3) is 0.400. The molecule has 1 amide bonds. The molecule has 1 fully saturated rings. The summed E-state index contributed by atoms with van der Waals surface area (Å²) in [4.78, 5) is 16.7. The molecule has 2 aromatic heterocycles. The first-order valence-electron chi connectivity index (χ1n) is 7.29. The fourth-order valence-corrected chi connectivity index (χ4v) is 2.62. The van der Waals surface area contributed by atoms with E-state index in [1.165, 1.54) is 0 Å². The quantitative estimate of drug-likeness (QED) is 0.876. The number of nitrogens with zero attached hydrogens (tertiary/aromatic N) is 3. The van der Waals surface area contributed by atoms with E-state index >= 15 is 0 Å². The number of hydrogen-bond donors (Lipinski definition) is 2. The largest absolute Gasteiger partial charge is 0.348 e. The molecule has 110 valence electrons. The molecule has 0 aliphatic carbocycles. The van der Waals surface area contributed by atoms with Crippen LogP contribution in [0.3, 0.4) is 0 Å². The molecule has 1 unspecified atom stereocenters. The van der Waals surface area contributed by atoms with Gasteiger partial charge in [-0.25, -0.2) is 9.67 Å². The van der Waals surface area contributed by atoms with Crippen LogP contribution in [0.4, 0.5) is 0 Å². The molecule has 3 rings (SSSR count). The molecule has 0 radical (unpaired) electrons. The number of amides is 1. The Morgan fingerprint density at radius 3 is 3.10 bits per heavy atom. The van der Waals surface area contributed by atoms with Crippen molar-refractivity contribution in [1.82, 2.24) is 25.4 Å². The first kappa shape index (κ1) is 13.8. The second-order valence-electron chi connectivity index (χ2n) is 5.12. The zero-order valence-electron chi connectivity index (χ0n) is 12.0. The van der Waals surface area contributed by atoms with Crippen molar-refractivity contribution in [1.29, 1.82) is 0 Å². The third-order valence-electron chi connectivity index (χ3n) is 3.71. The van der Waals surface area contributed by atoms with E-state index in [1.807, 2.05) is 25.1 Å². The van der Waals surface area contributed by atoms with Gasteiger partial charge in [-0.05, 0) is 31.5 Å². The first-order valence-corrected chi connectivity index (χ1v) is 7.29. The highest BCUT2D eigenvalue weighted by Crippen LogP contribution is 2.14. The summed E-state index contributed by atoms with van der Waals surface area (Å²) < 4.78 is 1.74. The Morgan fingerprint density at radius 1 is 1.52 bits per heavy atom. The molecular weight excluding hydrogens is 266 g/mol. The summed E-state index contributed by atoms with van der Waals surface area (Å²) in [5.74, 6) is 0.679. The Balaban J connectivity index is 1.86. The van der Waals surface area contributed by atoms with Crippen molar-refractivity contribution >= 4 is 5.91 Å². The van der Waals surface area contributed by atoms with Gasteiger partial charge in [0.15, 0.2) is 5.82 Å². The van der Waals surface area contributed by atoms with E-state index < -0.39 is 0 Å². The van der Waals surface area contributed by atoms with Crippen LogP contribution in [0.2, 0.25) is 0 Å². The smallest absolute Gasteiger partial charge is 0.255 e. The number of carbonyl (C=O) groups is 1. The van der Waals surface area contributed by atoms with E-state index in [2.05, 4.69) is 20.7 Å². The minimum atomic E-state index is -0.0530. The van der Waals surface area contributed by atoms with Crippen molar-refractivity contribution in [3.63, 3.8) is 0 Å². The van der Waals surface area contributed by atoms with Crippen LogP contribution >= 0.6 is 0 Å². The Hall–Kier alpha value is -2.21. The van der Waals surface area contributed by atoms with E-state index in [0.717, 1.165) is 37.4 Å². The summed E-state index contributed by atoms with van der Waals surface area (Å²) in [5.41, 5.74) is 1.52. The van der Waals surface area contributed by atoms with Crippen LogP contribution in [0.25, 0.3) is 5.82 Å². The molecule has 1 saturated heterocycles. The monoisotopic (exact) mass is 285 g/mol. The van der Waals surface area contributed by atoms with Crippen molar-refractivity contribution in [3.8, 4) is 5.82 Å². The van der Waals surface area contributed by atoms with Gasteiger partial charge in [0.25, 0.3) is 5.91 Å². The molecule has 21 heavy (non-hydrogen) atoms. The van der Waals surface area contributed by atoms with Gasteiger partial charge in [-0.3, -0.25) is 4.79 Å². The fourth-order valence-electron chi connectivity index (χ4n) is 2.62. The van der Waals surface area contributed by atoms with E-state index in [4.69, 9.17) is 0 Å². The second-order valence-corrected chi connectivity index (χ2v) is 5.12. The van der Waals surface area contributed by atoms with Gasteiger partial charge in [0.2, 0.25) is 0 Å². The minimum absolute atomic E-state index is 0.0530. The average molecular weight is 285 g/mol. The van der Waals surface area contributed by atoms with Gasteiger partial charge < -0.3 is 10.6 Å². The normalized spacial score (nSPS) is 17.9. The highest BCUT2D eigenvalue weighted by atomic mass is 16.1. The number of hydrogen-bond acceptors (Lipinski definition) is 4. The lowest BCUT2D eigenvalue weighted by atomic mass is 10.1. The number of aromatic nitrogens is 3. The molecule has 0 aromatic carbocycles. The van der Waals surface area contributed by atoms with Gasteiger partial charge in [-0.2, -0.15) is 5.10 Å². The molecule has 6 heteroatoms.